The summed E-state index contributed by atoms with van der Waals surface area (Å²) in [7, 11) is 0. The van der Waals surface area contributed by atoms with Gasteiger partial charge in [-0.25, -0.2) is 0 Å². The van der Waals surface area contributed by atoms with Gasteiger partial charge in [-0.15, -0.1) is 0 Å². The molecule has 3 heteroatoms. The molecule has 98 valence electrons. The van der Waals surface area contributed by atoms with Crippen LogP contribution in [-0.4, -0.2) is 18.9 Å². The van der Waals surface area contributed by atoms with Gasteiger partial charge in [-0.1, -0.05) is 20.3 Å². The van der Waals surface area contributed by atoms with Crippen LogP contribution in [0.1, 0.15) is 38.7 Å². The average Bonchev–Trinajstić information content (AvgIpc) is 2.40. The highest BCUT2D eigenvalue weighted by Gasteiger charge is 2.28. The molecular formula is C15H23N3. The molecule has 0 unspecified atom stereocenters. The third-order valence-corrected chi connectivity index (χ3v) is 4.37. The quantitative estimate of drug-likeness (QED) is 0.635. The fourth-order valence-corrected chi connectivity index (χ4v) is 2.51. The van der Waals surface area contributed by atoms with Crippen LogP contribution < -0.4 is 10.6 Å². The van der Waals surface area contributed by atoms with Crippen LogP contribution in [0.5, 0.6) is 0 Å². The number of anilines is 1. The van der Waals surface area contributed by atoms with Crippen LogP contribution in [0, 0.1) is 10.8 Å². The zero-order valence-corrected chi connectivity index (χ0v) is 11.4. The van der Waals surface area contributed by atoms with Gasteiger partial charge in [-0.05, 0) is 42.5 Å². The lowest BCUT2D eigenvalue weighted by Crippen LogP contribution is -2.38. The minimum atomic E-state index is 0.138. The van der Waals surface area contributed by atoms with E-state index in [1.165, 1.54) is 24.9 Å². The van der Waals surface area contributed by atoms with Crippen molar-refractivity contribution in [3.8, 4) is 0 Å². The number of piperidine rings is 1. The van der Waals surface area contributed by atoms with Gasteiger partial charge in [0, 0.05) is 24.3 Å². The molecule has 1 aliphatic heterocycles. The molecule has 2 rings (SSSR count). The molecule has 0 aromatic heterocycles. The maximum absolute atomic E-state index is 7.39. The second-order valence-corrected chi connectivity index (χ2v) is 5.61. The minimum absolute atomic E-state index is 0.138. The molecule has 1 heterocycles. The molecule has 0 spiro atoms. The van der Waals surface area contributed by atoms with Crippen LogP contribution in [0.25, 0.3) is 0 Å². The summed E-state index contributed by atoms with van der Waals surface area (Å²) in [5, 5.41) is 7.39. The van der Waals surface area contributed by atoms with Crippen molar-refractivity contribution < 1.29 is 0 Å². The Hall–Kier alpha value is -1.51. The van der Waals surface area contributed by atoms with Crippen LogP contribution in [0.4, 0.5) is 5.69 Å². The molecule has 1 aliphatic rings. The lowest BCUT2D eigenvalue weighted by atomic mass is 9.78. The number of benzene rings is 1. The van der Waals surface area contributed by atoms with Gasteiger partial charge in [0.2, 0.25) is 0 Å². The lowest BCUT2D eigenvalue weighted by Gasteiger charge is -2.40. The molecule has 0 atom stereocenters. The number of hydrogen-bond acceptors (Lipinski definition) is 2. The number of amidine groups is 1. The van der Waals surface area contributed by atoms with Crippen LogP contribution in [0.2, 0.25) is 0 Å². The maximum Gasteiger partial charge on any atom is 0.122 e. The van der Waals surface area contributed by atoms with Crippen molar-refractivity contribution in [1.82, 2.24) is 0 Å². The molecule has 1 aromatic rings. The zero-order valence-electron chi connectivity index (χ0n) is 11.4. The molecule has 1 aromatic carbocycles. The summed E-state index contributed by atoms with van der Waals surface area (Å²) in [6, 6.07) is 8.02. The van der Waals surface area contributed by atoms with Gasteiger partial charge >= 0.3 is 0 Å². The largest absolute Gasteiger partial charge is 0.384 e. The predicted molar refractivity (Wildman–Crippen MR) is 77.3 cm³/mol. The number of nitrogens with one attached hydrogen (secondary N) is 1. The lowest BCUT2D eigenvalue weighted by molar-refractivity contribution is 0.238. The first-order valence-corrected chi connectivity index (χ1v) is 6.73. The second-order valence-electron chi connectivity index (χ2n) is 5.61. The maximum atomic E-state index is 7.39. The van der Waals surface area contributed by atoms with Crippen molar-refractivity contribution >= 4 is 11.5 Å². The van der Waals surface area contributed by atoms with Gasteiger partial charge in [-0.2, -0.15) is 0 Å². The van der Waals surface area contributed by atoms with Crippen LogP contribution in [0.3, 0.4) is 0 Å². The van der Waals surface area contributed by atoms with Crippen molar-refractivity contribution in [2.24, 2.45) is 11.1 Å². The van der Waals surface area contributed by atoms with E-state index >= 15 is 0 Å². The van der Waals surface area contributed by atoms with Gasteiger partial charge in [0.1, 0.15) is 5.84 Å². The Balaban J connectivity index is 2.03. The van der Waals surface area contributed by atoms with Gasteiger partial charge in [-0.3, -0.25) is 5.41 Å². The highest BCUT2D eigenvalue weighted by atomic mass is 15.1. The Morgan fingerprint density at radius 1 is 1.28 bits per heavy atom. The predicted octanol–water partition coefficient (Wildman–Crippen LogP) is 2.99. The minimum Gasteiger partial charge on any atom is -0.384 e. The first kappa shape index (κ1) is 12.9. The Morgan fingerprint density at radius 3 is 2.28 bits per heavy atom. The molecule has 0 saturated carbocycles. The van der Waals surface area contributed by atoms with E-state index in [0.29, 0.717) is 5.41 Å². The number of nitrogens with two attached hydrogens (primary N) is 1. The molecule has 1 saturated heterocycles. The summed E-state index contributed by atoms with van der Waals surface area (Å²) in [6.07, 6.45) is 3.79. The van der Waals surface area contributed by atoms with E-state index < -0.39 is 0 Å². The SMILES string of the molecule is CCC1(C)CCN(c2ccc(C(=N)N)cc2)CC1. The summed E-state index contributed by atoms with van der Waals surface area (Å²) in [4.78, 5) is 2.43. The monoisotopic (exact) mass is 245 g/mol. The van der Waals surface area contributed by atoms with Gasteiger partial charge in [0.05, 0.1) is 0 Å². The average molecular weight is 245 g/mol. The molecule has 18 heavy (non-hydrogen) atoms. The van der Waals surface area contributed by atoms with E-state index in [9.17, 15) is 0 Å². The topological polar surface area (TPSA) is 53.1 Å². The summed E-state index contributed by atoms with van der Waals surface area (Å²) < 4.78 is 0. The van der Waals surface area contributed by atoms with Crippen molar-refractivity contribution in [2.45, 2.75) is 33.1 Å². The van der Waals surface area contributed by atoms with Crippen molar-refractivity contribution in [2.75, 3.05) is 18.0 Å². The summed E-state index contributed by atoms with van der Waals surface area (Å²) >= 11 is 0. The molecule has 3 nitrogen and oxygen atoms in total. The fourth-order valence-electron chi connectivity index (χ4n) is 2.51. The Bertz CT molecular complexity index is 414. The first-order chi connectivity index (χ1) is 8.54. The van der Waals surface area contributed by atoms with E-state index in [2.05, 4.69) is 30.9 Å². The van der Waals surface area contributed by atoms with Crippen molar-refractivity contribution in [3.05, 3.63) is 29.8 Å². The smallest absolute Gasteiger partial charge is 0.122 e. The Labute approximate surface area is 109 Å². The van der Waals surface area contributed by atoms with Gasteiger partial charge in [0.15, 0.2) is 0 Å². The van der Waals surface area contributed by atoms with Crippen molar-refractivity contribution in [3.63, 3.8) is 0 Å². The van der Waals surface area contributed by atoms with Crippen LogP contribution in [0.15, 0.2) is 24.3 Å². The number of nitrogen functional groups attached to an aromatic ring is 1. The summed E-state index contributed by atoms with van der Waals surface area (Å²) in [5.41, 5.74) is 8.04. The Morgan fingerprint density at radius 2 is 1.83 bits per heavy atom. The fraction of sp³-hybridized carbons (Fsp3) is 0.533. The highest BCUT2D eigenvalue weighted by molar-refractivity contribution is 5.95. The number of hydrogen-bond donors (Lipinski definition) is 2. The van der Waals surface area contributed by atoms with Crippen LogP contribution in [-0.2, 0) is 0 Å². The molecule has 0 amide bonds. The van der Waals surface area contributed by atoms with Crippen LogP contribution >= 0.6 is 0 Å². The number of nitrogens with zero attached hydrogens (tertiary/aromatic N) is 1. The normalized spacial score (nSPS) is 18.7. The molecule has 0 aliphatic carbocycles. The van der Waals surface area contributed by atoms with E-state index in [1.807, 2.05) is 12.1 Å². The molecule has 1 fully saturated rings. The molecule has 0 bridgehead atoms. The molecular weight excluding hydrogens is 222 g/mol. The highest BCUT2D eigenvalue weighted by Crippen LogP contribution is 2.35. The third kappa shape index (κ3) is 2.66. The first-order valence-electron chi connectivity index (χ1n) is 6.73. The second kappa shape index (κ2) is 5.01. The zero-order chi connectivity index (χ0) is 13.2. The Kier molecular flexibility index (Phi) is 3.60. The van der Waals surface area contributed by atoms with E-state index in [-0.39, 0.29) is 5.84 Å². The number of rotatable bonds is 3. The van der Waals surface area contributed by atoms with E-state index in [0.717, 1.165) is 18.7 Å². The van der Waals surface area contributed by atoms with Gasteiger partial charge < -0.3 is 10.6 Å². The van der Waals surface area contributed by atoms with E-state index in [4.69, 9.17) is 11.1 Å². The van der Waals surface area contributed by atoms with E-state index in [1.54, 1.807) is 0 Å². The molecule has 0 radical (unpaired) electrons. The summed E-state index contributed by atoms with van der Waals surface area (Å²) in [6.45, 7) is 6.94. The third-order valence-electron chi connectivity index (χ3n) is 4.37. The van der Waals surface area contributed by atoms with Crippen molar-refractivity contribution in [1.29, 1.82) is 5.41 Å². The van der Waals surface area contributed by atoms with Gasteiger partial charge in [0.25, 0.3) is 0 Å². The summed E-state index contributed by atoms with van der Waals surface area (Å²) in [5.74, 6) is 0.138. The molecule has 3 N–H and O–H groups in total. The standard InChI is InChI=1S/C15H23N3/c1-3-15(2)8-10-18(11-9-15)13-6-4-12(5-7-13)14(16)17/h4-7H,3,8-11H2,1-2H3,(H3,16,17).